The molecule has 0 aromatic heterocycles. The Labute approximate surface area is 72.1 Å². The molecule has 0 saturated heterocycles. The van der Waals surface area contributed by atoms with Crippen LogP contribution in [0.25, 0.3) is 0 Å². The van der Waals surface area contributed by atoms with Crippen LogP contribution in [0.15, 0.2) is 0 Å². The van der Waals surface area contributed by atoms with Crippen molar-refractivity contribution >= 4 is 5.91 Å². The van der Waals surface area contributed by atoms with Gasteiger partial charge >= 0.3 is 0 Å². The minimum atomic E-state index is -0.359. The summed E-state index contributed by atoms with van der Waals surface area (Å²) >= 11 is 0. The van der Waals surface area contributed by atoms with Gasteiger partial charge in [0.1, 0.15) is 0 Å². The molecule has 0 aromatic rings. The lowest BCUT2D eigenvalue weighted by Crippen LogP contribution is -2.40. The summed E-state index contributed by atoms with van der Waals surface area (Å²) in [6.07, 6.45) is 0.914. The van der Waals surface area contributed by atoms with Gasteiger partial charge in [0.05, 0.1) is 0 Å². The van der Waals surface area contributed by atoms with E-state index in [0.29, 0.717) is 19.5 Å². The van der Waals surface area contributed by atoms with E-state index in [1.165, 1.54) is 0 Å². The fourth-order valence-electron chi connectivity index (χ4n) is 0.867. The van der Waals surface area contributed by atoms with Gasteiger partial charge in [-0.15, -0.1) is 0 Å². The summed E-state index contributed by atoms with van der Waals surface area (Å²) in [5, 5.41) is 11.5. The smallest absolute Gasteiger partial charge is 0.219 e. The van der Waals surface area contributed by atoms with Crippen LogP contribution >= 0.6 is 0 Å². The number of carbonyl (C=O) groups is 1. The zero-order chi connectivity index (χ0) is 9.40. The Balaban J connectivity index is 3.46. The third-order valence-electron chi connectivity index (χ3n) is 1.50. The normalized spacial score (nSPS) is 12.8. The molecule has 0 aliphatic rings. The third-order valence-corrected chi connectivity index (χ3v) is 1.50. The Kier molecular flexibility index (Phi) is 6.64. The van der Waals surface area contributed by atoms with Crippen molar-refractivity contribution in [3.05, 3.63) is 0 Å². The predicted octanol–water partition coefficient (Wildman–Crippen LogP) is -1.84. The van der Waals surface area contributed by atoms with Crippen LogP contribution in [-0.4, -0.2) is 36.8 Å². The number of nitrogens with two attached hydrogens (primary N) is 2. The molecular formula is C7H17N3O2. The van der Waals surface area contributed by atoms with Crippen LogP contribution in [0.4, 0.5) is 0 Å². The van der Waals surface area contributed by atoms with E-state index in [2.05, 4.69) is 5.32 Å². The zero-order valence-electron chi connectivity index (χ0n) is 7.12. The molecule has 72 valence electrons. The number of nitrogens with one attached hydrogen (secondary N) is 1. The summed E-state index contributed by atoms with van der Waals surface area (Å²) in [4.78, 5) is 10.5. The number of carbonyl (C=O) groups excluding carboxylic acids is 1. The molecule has 0 bridgehead atoms. The van der Waals surface area contributed by atoms with Crippen molar-refractivity contribution in [1.82, 2.24) is 5.32 Å². The molecule has 1 unspecified atom stereocenters. The van der Waals surface area contributed by atoms with Gasteiger partial charge in [0.25, 0.3) is 0 Å². The first-order chi connectivity index (χ1) is 5.70. The largest absolute Gasteiger partial charge is 0.396 e. The van der Waals surface area contributed by atoms with E-state index in [9.17, 15) is 4.79 Å². The molecule has 5 heteroatoms. The minimum Gasteiger partial charge on any atom is -0.396 e. The Morgan fingerprint density at radius 1 is 1.58 bits per heavy atom. The van der Waals surface area contributed by atoms with Crippen LogP contribution in [0.1, 0.15) is 12.8 Å². The highest BCUT2D eigenvalue weighted by Gasteiger charge is 2.07. The molecule has 0 spiro atoms. The fraction of sp³-hybridized carbons (Fsp3) is 0.857. The highest BCUT2D eigenvalue weighted by atomic mass is 16.3. The standard InChI is InChI=1S/C7H17N3O2/c8-5-6(4-7(9)12)10-2-1-3-11/h6,10-11H,1-5,8H2,(H2,9,12). The molecule has 6 N–H and O–H groups in total. The van der Waals surface area contributed by atoms with E-state index in [0.717, 1.165) is 0 Å². The number of hydrogen-bond acceptors (Lipinski definition) is 4. The average Bonchev–Trinajstić information content (AvgIpc) is 2.02. The number of hydrogen-bond donors (Lipinski definition) is 4. The zero-order valence-corrected chi connectivity index (χ0v) is 7.12. The Bertz CT molecular complexity index is 130. The van der Waals surface area contributed by atoms with Crippen molar-refractivity contribution in [3.63, 3.8) is 0 Å². The van der Waals surface area contributed by atoms with Crippen molar-refractivity contribution < 1.29 is 9.90 Å². The number of rotatable bonds is 7. The van der Waals surface area contributed by atoms with Crippen molar-refractivity contribution in [1.29, 1.82) is 0 Å². The van der Waals surface area contributed by atoms with Crippen LogP contribution in [-0.2, 0) is 4.79 Å². The second-order valence-electron chi connectivity index (χ2n) is 2.63. The second-order valence-corrected chi connectivity index (χ2v) is 2.63. The molecule has 5 nitrogen and oxygen atoms in total. The summed E-state index contributed by atoms with van der Waals surface area (Å²) in [6.45, 7) is 1.18. The Morgan fingerprint density at radius 2 is 2.25 bits per heavy atom. The van der Waals surface area contributed by atoms with Gasteiger partial charge in [-0.25, -0.2) is 0 Å². The summed E-state index contributed by atoms with van der Waals surface area (Å²) < 4.78 is 0. The Hall–Kier alpha value is -0.650. The van der Waals surface area contributed by atoms with Gasteiger partial charge in [0.15, 0.2) is 0 Å². The lowest BCUT2D eigenvalue weighted by atomic mass is 10.2. The molecule has 1 amide bonds. The highest BCUT2D eigenvalue weighted by molar-refractivity contribution is 5.74. The monoisotopic (exact) mass is 175 g/mol. The molecule has 0 heterocycles. The quantitative estimate of drug-likeness (QED) is 0.341. The van der Waals surface area contributed by atoms with E-state index in [-0.39, 0.29) is 25.0 Å². The van der Waals surface area contributed by atoms with E-state index in [1.807, 2.05) is 0 Å². The van der Waals surface area contributed by atoms with E-state index in [1.54, 1.807) is 0 Å². The maximum absolute atomic E-state index is 10.5. The van der Waals surface area contributed by atoms with E-state index < -0.39 is 0 Å². The SMILES string of the molecule is NCC(CC(N)=O)NCCCO. The van der Waals surface area contributed by atoms with Gasteiger partial charge in [-0.2, -0.15) is 0 Å². The molecule has 0 rings (SSSR count). The molecule has 0 radical (unpaired) electrons. The summed E-state index contributed by atoms with van der Waals surface area (Å²) in [7, 11) is 0. The van der Waals surface area contributed by atoms with Gasteiger partial charge in [0, 0.05) is 25.6 Å². The fourth-order valence-corrected chi connectivity index (χ4v) is 0.867. The molecule has 0 aromatic carbocycles. The van der Waals surface area contributed by atoms with Gasteiger partial charge in [-0.05, 0) is 13.0 Å². The maximum atomic E-state index is 10.5. The van der Waals surface area contributed by atoms with Crippen LogP contribution in [0.5, 0.6) is 0 Å². The van der Waals surface area contributed by atoms with Gasteiger partial charge in [-0.3, -0.25) is 4.79 Å². The molecule has 0 fully saturated rings. The first-order valence-corrected chi connectivity index (χ1v) is 4.03. The molecule has 1 atom stereocenters. The minimum absolute atomic E-state index is 0.0611. The van der Waals surface area contributed by atoms with Crippen molar-refractivity contribution in [3.8, 4) is 0 Å². The highest BCUT2D eigenvalue weighted by Crippen LogP contribution is 1.88. The average molecular weight is 175 g/mol. The predicted molar refractivity (Wildman–Crippen MR) is 46.4 cm³/mol. The number of aliphatic hydroxyl groups excluding tert-OH is 1. The molecule has 12 heavy (non-hydrogen) atoms. The number of primary amides is 1. The molecule has 0 aliphatic heterocycles. The van der Waals surface area contributed by atoms with Crippen LogP contribution in [0.3, 0.4) is 0 Å². The summed E-state index contributed by atoms with van der Waals surface area (Å²) in [5.74, 6) is -0.359. The van der Waals surface area contributed by atoms with Crippen molar-refractivity contribution in [2.75, 3.05) is 19.7 Å². The Morgan fingerprint density at radius 3 is 2.67 bits per heavy atom. The topological polar surface area (TPSA) is 101 Å². The van der Waals surface area contributed by atoms with Crippen molar-refractivity contribution in [2.24, 2.45) is 11.5 Å². The first kappa shape index (κ1) is 11.4. The van der Waals surface area contributed by atoms with Crippen LogP contribution in [0.2, 0.25) is 0 Å². The van der Waals surface area contributed by atoms with E-state index in [4.69, 9.17) is 16.6 Å². The number of amides is 1. The summed E-state index contributed by atoms with van der Waals surface area (Å²) in [5.41, 5.74) is 10.4. The van der Waals surface area contributed by atoms with E-state index >= 15 is 0 Å². The second kappa shape index (κ2) is 7.02. The lowest BCUT2D eigenvalue weighted by Gasteiger charge is -2.13. The number of aliphatic hydroxyl groups is 1. The molecule has 0 saturated carbocycles. The summed E-state index contributed by atoms with van der Waals surface area (Å²) in [6, 6.07) is -0.0611. The first-order valence-electron chi connectivity index (χ1n) is 4.03. The maximum Gasteiger partial charge on any atom is 0.219 e. The van der Waals surface area contributed by atoms with Gasteiger partial charge in [0.2, 0.25) is 5.91 Å². The molecule has 0 aliphatic carbocycles. The lowest BCUT2D eigenvalue weighted by molar-refractivity contribution is -0.118. The van der Waals surface area contributed by atoms with Crippen LogP contribution < -0.4 is 16.8 Å². The van der Waals surface area contributed by atoms with Gasteiger partial charge in [-0.1, -0.05) is 0 Å². The van der Waals surface area contributed by atoms with Crippen LogP contribution in [0, 0.1) is 0 Å². The van der Waals surface area contributed by atoms with Gasteiger partial charge < -0.3 is 21.9 Å². The third kappa shape index (κ3) is 6.09. The van der Waals surface area contributed by atoms with Crippen molar-refractivity contribution in [2.45, 2.75) is 18.9 Å². The molecular weight excluding hydrogens is 158 g/mol.